The topological polar surface area (TPSA) is 68.6 Å². The number of carbonyl (C=O) groups excluding carboxylic acids is 1. The summed E-state index contributed by atoms with van der Waals surface area (Å²) in [5.74, 6) is 0.360. The molecule has 0 saturated carbocycles. The molecule has 0 saturated heterocycles. The van der Waals surface area contributed by atoms with E-state index in [1.165, 1.54) is 12.1 Å². The van der Waals surface area contributed by atoms with Crippen LogP contribution in [0.25, 0.3) is 17.4 Å². The molecule has 0 spiro atoms. The zero-order valence-corrected chi connectivity index (χ0v) is 12.9. The van der Waals surface area contributed by atoms with Crippen LogP contribution in [0.15, 0.2) is 49.1 Å². The van der Waals surface area contributed by atoms with Crippen LogP contribution in [0.3, 0.4) is 0 Å². The molecule has 2 heterocycles. The molecule has 7 heteroatoms. The smallest absolute Gasteiger partial charge is 0.286 e. The van der Waals surface area contributed by atoms with Gasteiger partial charge in [-0.05, 0) is 58.0 Å². The van der Waals surface area contributed by atoms with Gasteiger partial charge in [-0.3, -0.25) is 4.79 Å². The SMILES string of the molecule is NC1=NC(=O)C(=Cc2ccc(-c3ccc(F)cc3Br)o2)S1. The normalized spacial score (nSPS) is 16.6. The van der Waals surface area contributed by atoms with Crippen LogP contribution in [-0.2, 0) is 4.79 Å². The molecule has 0 aliphatic carbocycles. The standard InChI is InChI=1S/C14H8BrFN2O2S/c15-10-5-7(16)1-3-9(10)11-4-2-8(20-11)6-12-13(19)18-14(17)21-12/h1-6H,(H2,17,18,19). The molecule has 21 heavy (non-hydrogen) atoms. The Hall–Kier alpha value is -1.86. The largest absolute Gasteiger partial charge is 0.457 e. The second-order valence-electron chi connectivity index (χ2n) is 4.19. The van der Waals surface area contributed by atoms with E-state index in [-0.39, 0.29) is 16.9 Å². The fraction of sp³-hybridized carbons (Fsp3) is 0. The number of thioether (sulfide) groups is 1. The van der Waals surface area contributed by atoms with Gasteiger partial charge in [0.25, 0.3) is 5.91 Å². The summed E-state index contributed by atoms with van der Waals surface area (Å²) < 4.78 is 19.3. The highest BCUT2D eigenvalue weighted by atomic mass is 79.9. The molecule has 0 radical (unpaired) electrons. The van der Waals surface area contributed by atoms with E-state index in [9.17, 15) is 9.18 Å². The number of halogens is 2. The van der Waals surface area contributed by atoms with Crippen LogP contribution in [0, 0.1) is 5.82 Å². The van der Waals surface area contributed by atoms with Gasteiger partial charge in [0.1, 0.15) is 17.3 Å². The van der Waals surface area contributed by atoms with Crippen LogP contribution in [0.5, 0.6) is 0 Å². The summed E-state index contributed by atoms with van der Waals surface area (Å²) in [6.45, 7) is 0. The Bertz CT molecular complexity index is 798. The van der Waals surface area contributed by atoms with Gasteiger partial charge in [0.2, 0.25) is 0 Å². The summed E-state index contributed by atoms with van der Waals surface area (Å²) in [5, 5.41) is 0.222. The van der Waals surface area contributed by atoms with E-state index in [1.807, 2.05) is 0 Å². The zero-order chi connectivity index (χ0) is 15.0. The van der Waals surface area contributed by atoms with Crippen LogP contribution in [0.2, 0.25) is 0 Å². The van der Waals surface area contributed by atoms with Crippen LogP contribution in [0.1, 0.15) is 5.76 Å². The molecule has 1 aromatic carbocycles. The summed E-state index contributed by atoms with van der Waals surface area (Å²) in [7, 11) is 0. The highest BCUT2D eigenvalue weighted by molar-refractivity contribution is 9.10. The number of nitrogens with zero attached hydrogens (tertiary/aromatic N) is 1. The molecule has 1 aliphatic heterocycles. The lowest BCUT2D eigenvalue weighted by Gasteiger charge is -2.00. The van der Waals surface area contributed by atoms with Crippen molar-refractivity contribution in [2.75, 3.05) is 0 Å². The summed E-state index contributed by atoms with van der Waals surface area (Å²) >= 11 is 4.39. The minimum atomic E-state index is -0.376. The first-order valence-corrected chi connectivity index (χ1v) is 7.47. The number of benzene rings is 1. The second-order valence-corrected chi connectivity index (χ2v) is 6.11. The maximum atomic E-state index is 13.1. The Morgan fingerprint density at radius 2 is 2.14 bits per heavy atom. The molecular weight excluding hydrogens is 359 g/mol. The van der Waals surface area contributed by atoms with E-state index >= 15 is 0 Å². The fourth-order valence-corrected chi connectivity index (χ4v) is 3.03. The molecule has 0 atom stereocenters. The van der Waals surface area contributed by atoms with Crippen molar-refractivity contribution in [1.82, 2.24) is 0 Å². The summed E-state index contributed by atoms with van der Waals surface area (Å²) in [5.41, 5.74) is 6.20. The summed E-state index contributed by atoms with van der Waals surface area (Å²) in [6, 6.07) is 7.80. The van der Waals surface area contributed by atoms with Gasteiger partial charge < -0.3 is 10.2 Å². The van der Waals surface area contributed by atoms with Gasteiger partial charge in [0, 0.05) is 16.1 Å². The average molecular weight is 367 g/mol. The summed E-state index contributed by atoms with van der Waals surface area (Å²) in [4.78, 5) is 15.5. The van der Waals surface area contributed by atoms with Gasteiger partial charge in [-0.25, -0.2) is 4.39 Å². The number of aliphatic imine (C=N–C) groups is 1. The summed E-state index contributed by atoms with van der Waals surface area (Å²) in [6.07, 6.45) is 1.58. The van der Waals surface area contributed by atoms with Crippen LogP contribution in [0.4, 0.5) is 4.39 Å². The highest BCUT2D eigenvalue weighted by Gasteiger charge is 2.20. The molecule has 0 unspecified atom stereocenters. The molecule has 1 aliphatic rings. The Morgan fingerprint density at radius 3 is 2.81 bits per heavy atom. The van der Waals surface area contributed by atoms with Gasteiger partial charge in [-0.1, -0.05) is 0 Å². The zero-order valence-electron chi connectivity index (χ0n) is 10.5. The van der Waals surface area contributed by atoms with Crippen LogP contribution in [-0.4, -0.2) is 11.1 Å². The quantitative estimate of drug-likeness (QED) is 0.821. The van der Waals surface area contributed by atoms with Crippen molar-refractivity contribution in [3.63, 3.8) is 0 Å². The number of hydrogen-bond donors (Lipinski definition) is 1. The van der Waals surface area contributed by atoms with Crippen molar-refractivity contribution in [3.8, 4) is 11.3 Å². The third-order valence-electron chi connectivity index (χ3n) is 2.73. The van der Waals surface area contributed by atoms with Gasteiger partial charge >= 0.3 is 0 Å². The van der Waals surface area contributed by atoms with Crippen molar-refractivity contribution >= 4 is 44.8 Å². The molecule has 0 bridgehead atoms. The molecule has 1 amide bonds. The monoisotopic (exact) mass is 366 g/mol. The fourth-order valence-electron chi connectivity index (χ4n) is 1.82. The first-order valence-electron chi connectivity index (χ1n) is 5.86. The van der Waals surface area contributed by atoms with Crippen molar-refractivity contribution < 1.29 is 13.6 Å². The lowest BCUT2D eigenvalue weighted by molar-refractivity contribution is -0.113. The van der Waals surface area contributed by atoms with E-state index in [4.69, 9.17) is 10.2 Å². The third kappa shape index (κ3) is 2.93. The van der Waals surface area contributed by atoms with Crippen molar-refractivity contribution in [1.29, 1.82) is 0 Å². The van der Waals surface area contributed by atoms with E-state index in [0.29, 0.717) is 20.9 Å². The molecule has 0 fully saturated rings. The highest BCUT2D eigenvalue weighted by Crippen LogP contribution is 2.32. The van der Waals surface area contributed by atoms with Gasteiger partial charge in [0.05, 0.1) is 4.91 Å². The first kappa shape index (κ1) is 14.1. The molecule has 4 nitrogen and oxygen atoms in total. The Kier molecular flexibility index (Phi) is 3.69. The maximum Gasteiger partial charge on any atom is 0.286 e. The number of nitrogens with two attached hydrogens (primary N) is 1. The molecule has 3 rings (SSSR count). The molecular formula is C14H8BrFN2O2S. The molecule has 2 N–H and O–H groups in total. The predicted octanol–water partition coefficient (Wildman–Crippen LogP) is 3.78. The van der Waals surface area contributed by atoms with Crippen molar-refractivity contribution in [2.45, 2.75) is 0 Å². The van der Waals surface area contributed by atoms with E-state index in [0.717, 1.165) is 17.3 Å². The van der Waals surface area contributed by atoms with E-state index in [1.54, 1.807) is 24.3 Å². The maximum absolute atomic E-state index is 13.1. The number of rotatable bonds is 2. The van der Waals surface area contributed by atoms with Gasteiger partial charge in [0.15, 0.2) is 5.17 Å². The Balaban J connectivity index is 1.91. The average Bonchev–Trinajstić information content (AvgIpc) is 2.97. The number of hydrogen-bond acceptors (Lipinski definition) is 4. The molecule has 106 valence electrons. The third-order valence-corrected chi connectivity index (χ3v) is 4.20. The molecule has 1 aromatic heterocycles. The van der Waals surface area contributed by atoms with Crippen LogP contribution >= 0.6 is 27.7 Å². The van der Waals surface area contributed by atoms with Crippen LogP contribution < -0.4 is 5.73 Å². The number of amidine groups is 1. The van der Waals surface area contributed by atoms with Crippen molar-refractivity contribution in [3.05, 3.63) is 51.3 Å². The number of furan rings is 1. The number of carbonyl (C=O) groups is 1. The Morgan fingerprint density at radius 1 is 1.33 bits per heavy atom. The minimum Gasteiger partial charge on any atom is -0.457 e. The lowest BCUT2D eigenvalue weighted by Crippen LogP contribution is -2.01. The number of amides is 1. The predicted molar refractivity (Wildman–Crippen MR) is 84.0 cm³/mol. The second kappa shape index (κ2) is 5.50. The first-order chi connectivity index (χ1) is 10.0. The Labute approximate surface area is 132 Å². The lowest BCUT2D eigenvalue weighted by atomic mass is 10.2. The van der Waals surface area contributed by atoms with Crippen molar-refractivity contribution in [2.24, 2.45) is 10.7 Å². The van der Waals surface area contributed by atoms with E-state index in [2.05, 4.69) is 20.9 Å². The van der Waals surface area contributed by atoms with E-state index < -0.39 is 0 Å². The molecule has 2 aromatic rings. The van der Waals surface area contributed by atoms with Gasteiger partial charge in [-0.2, -0.15) is 4.99 Å². The minimum absolute atomic E-state index is 0.222. The van der Waals surface area contributed by atoms with Gasteiger partial charge in [-0.15, -0.1) is 0 Å².